The lowest BCUT2D eigenvalue weighted by Crippen LogP contribution is -2.21. The summed E-state index contributed by atoms with van der Waals surface area (Å²) in [5.41, 5.74) is 7.07. The summed E-state index contributed by atoms with van der Waals surface area (Å²) in [5, 5.41) is 0. The van der Waals surface area contributed by atoms with E-state index in [0.29, 0.717) is 5.69 Å². The molecular formula is C13H19FN2. The number of nitrogen functional groups attached to an aromatic ring is 1. The van der Waals surface area contributed by atoms with Gasteiger partial charge in [-0.1, -0.05) is 6.92 Å². The number of hydrogen-bond acceptors (Lipinski definition) is 2. The molecule has 0 radical (unpaired) electrons. The molecule has 1 fully saturated rings. The van der Waals surface area contributed by atoms with Crippen LogP contribution in [-0.4, -0.2) is 18.5 Å². The minimum Gasteiger partial charge on any atom is -0.399 e. The van der Waals surface area contributed by atoms with Gasteiger partial charge in [-0.25, -0.2) is 4.39 Å². The largest absolute Gasteiger partial charge is 0.399 e. The number of benzene rings is 1. The van der Waals surface area contributed by atoms with E-state index in [2.05, 4.69) is 18.9 Å². The molecule has 2 rings (SSSR count). The van der Waals surface area contributed by atoms with E-state index in [9.17, 15) is 4.39 Å². The topological polar surface area (TPSA) is 29.3 Å². The maximum Gasteiger partial charge on any atom is 0.125 e. The summed E-state index contributed by atoms with van der Waals surface area (Å²) < 4.78 is 13.1. The molecule has 2 atom stereocenters. The van der Waals surface area contributed by atoms with Crippen molar-refractivity contribution in [2.24, 2.45) is 11.8 Å². The van der Waals surface area contributed by atoms with Gasteiger partial charge in [0, 0.05) is 18.8 Å². The Bertz CT molecular complexity index is 358. The molecule has 1 saturated carbocycles. The Balaban J connectivity index is 1.92. The third-order valence-electron chi connectivity index (χ3n) is 3.25. The van der Waals surface area contributed by atoms with Gasteiger partial charge < -0.3 is 10.6 Å². The van der Waals surface area contributed by atoms with E-state index in [4.69, 9.17) is 5.73 Å². The van der Waals surface area contributed by atoms with Gasteiger partial charge in [-0.3, -0.25) is 0 Å². The smallest absolute Gasteiger partial charge is 0.125 e. The summed E-state index contributed by atoms with van der Waals surface area (Å²) in [5.74, 6) is 1.44. The Morgan fingerprint density at radius 1 is 1.44 bits per heavy atom. The Kier molecular flexibility index (Phi) is 3.15. The van der Waals surface area contributed by atoms with Crippen LogP contribution in [0.3, 0.4) is 0 Å². The number of nitrogens with two attached hydrogens (primary N) is 1. The fourth-order valence-corrected chi connectivity index (χ4v) is 2.20. The quantitative estimate of drug-likeness (QED) is 0.793. The van der Waals surface area contributed by atoms with Gasteiger partial charge in [-0.15, -0.1) is 0 Å². The van der Waals surface area contributed by atoms with Crippen LogP contribution in [0.15, 0.2) is 18.2 Å². The van der Waals surface area contributed by atoms with Crippen LogP contribution in [0.1, 0.15) is 18.9 Å². The lowest BCUT2D eigenvalue weighted by molar-refractivity contribution is 0.307. The lowest BCUT2D eigenvalue weighted by Gasteiger charge is -2.16. The molecule has 88 valence electrons. The highest BCUT2D eigenvalue weighted by atomic mass is 19.1. The molecule has 0 amide bonds. The van der Waals surface area contributed by atoms with Crippen molar-refractivity contribution < 1.29 is 4.39 Å². The van der Waals surface area contributed by atoms with E-state index < -0.39 is 0 Å². The SMILES string of the molecule is CC1CC1CN(C)Cc1cc(N)cc(F)c1. The van der Waals surface area contributed by atoms with E-state index in [0.717, 1.165) is 30.5 Å². The van der Waals surface area contributed by atoms with Crippen LogP contribution in [0.4, 0.5) is 10.1 Å². The van der Waals surface area contributed by atoms with Crippen LogP contribution in [0, 0.1) is 17.7 Å². The fourth-order valence-electron chi connectivity index (χ4n) is 2.20. The average molecular weight is 222 g/mol. The van der Waals surface area contributed by atoms with Crippen molar-refractivity contribution in [3.05, 3.63) is 29.6 Å². The molecule has 0 heterocycles. The molecular weight excluding hydrogens is 203 g/mol. The first-order chi connectivity index (χ1) is 7.54. The van der Waals surface area contributed by atoms with Crippen LogP contribution < -0.4 is 5.73 Å². The second-order valence-corrected chi connectivity index (χ2v) is 5.06. The van der Waals surface area contributed by atoms with Gasteiger partial charge in [0.15, 0.2) is 0 Å². The minimum absolute atomic E-state index is 0.247. The predicted molar refractivity (Wildman–Crippen MR) is 64.4 cm³/mol. The highest BCUT2D eigenvalue weighted by molar-refractivity contribution is 5.41. The van der Waals surface area contributed by atoms with Crippen LogP contribution in [0.2, 0.25) is 0 Å². The minimum atomic E-state index is -0.247. The van der Waals surface area contributed by atoms with Crippen LogP contribution >= 0.6 is 0 Å². The van der Waals surface area contributed by atoms with Gasteiger partial charge in [-0.05, 0) is 49.1 Å². The monoisotopic (exact) mass is 222 g/mol. The van der Waals surface area contributed by atoms with Crippen molar-refractivity contribution in [1.82, 2.24) is 4.90 Å². The molecule has 2 nitrogen and oxygen atoms in total. The molecule has 0 saturated heterocycles. The van der Waals surface area contributed by atoms with Gasteiger partial charge in [0.25, 0.3) is 0 Å². The maximum absolute atomic E-state index is 13.1. The molecule has 2 N–H and O–H groups in total. The number of halogens is 1. The summed E-state index contributed by atoms with van der Waals surface area (Å²) in [6.45, 7) is 4.14. The van der Waals surface area contributed by atoms with Crippen molar-refractivity contribution in [2.75, 3.05) is 19.3 Å². The van der Waals surface area contributed by atoms with Crippen LogP contribution in [0.5, 0.6) is 0 Å². The molecule has 0 bridgehead atoms. The molecule has 1 aromatic rings. The van der Waals surface area contributed by atoms with E-state index in [1.165, 1.54) is 12.5 Å². The maximum atomic E-state index is 13.1. The van der Waals surface area contributed by atoms with Crippen LogP contribution in [-0.2, 0) is 6.54 Å². The predicted octanol–water partition coefficient (Wildman–Crippen LogP) is 2.50. The Morgan fingerprint density at radius 2 is 2.12 bits per heavy atom. The highest BCUT2D eigenvalue weighted by Gasteiger charge is 2.32. The summed E-state index contributed by atoms with van der Waals surface area (Å²) in [4.78, 5) is 2.24. The van der Waals surface area contributed by atoms with E-state index in [1.54, 1.807) is 6.07 Å². The molecule has 1 aliphatic rings. The summed E-state index contributed by atoms with van der Waals surface area (Å²) >= 11 is 0. The van der Waals surface area contributed by atoms with Crippen molar-refractivity contribution in [2.45, 2.75) is 19.9 Å². The molecule has 1 aromatic carbocycles. The van der Waals surface area contributed by atoms with Gasteiger partial charge in [-0.2, -0.15) is 0 Å². The summed E-state index contributed by atoms with van der Waals surface area (Å²) in [7, 11) is 2.08. The lowest BCUT2D eigenvalue weighted by atomic mass is 10.2. The number of hydrogen-bond donors (Lipinski definition) is 1. The van der Waals surface area contributed by atoms with Gasteiger partial charge >= 0.3 is 0 Å². The highest BCUT2D eigenvalue weighted by Crippen LogP contribution is 2.38. The van der Waals surface area contributed by atoms with Gasteiger partial charge in [0.1, 0.15) is 5.82 Å². The normalized spacial score (nSPS) is 23.8. The van der Waals surface area contributed by atoms with Gasteiger partial charge in [0.05, 0.1) is 0 Å². The van der Waals surface area contributed by atoms with Gasteiger partial charge in [0.2, 0.25) is 0 Å². The van der Waals surface area contributed by atoms with Crippen LogP contribution in [0.25, 0.3) is 0 Å². The number of nitrogens with zero attached hydrogens (tertiary/aromatic N) is 1. The van der Waals surface area contributed by atoms with E-state index in [1.807, 2.05) is 6.07 Å². The fraction of sp³-hybridized carbons (Fsp3) is 0.538. The first-order valence-corrected chi connectivity index (χ1v) is 5.78. The first kappa shape index (κ1) is 11.4. The Morgan fingerprint density at radius 3 is 2.69 bits per heavy atom. The van der Waals surface area contributed by atoms with Crippen molar-refractivity contribution in [3.63, 3.8) is 0 Å². The zero-order chi connectivity index (χ0) is 11.7. The number of anilines is 1. The zero-order valence-electron chi connectivity index (χ0n) is 9.91. The summed E-state index contributed by atoms with van der Waals surface area (Å²) in [6.07, 6.45) is 1.33. The molecule has 3 heteroatoms. The van der Waals surface area contributed by atoms with Crippen molar-refractivity contribution >= 4 is 5.69 Å². The standard InChI is InChI=1S/C13H19FN2/c1-9-3-11(9)8-16(2)7-10-4-12(14)6-13(15)5-10/h4-6,9,11H,3,7-8,15H2,1-2H3. The molecule has 16 heavy (non-hydrogen) atoms. The zero-order valence-corrected chi connectivity index (χ0v) is 9.91. The Labute approximate surface area is 96.2 Å². The average Bonchev–Trinajstić information content (AvgIpc) is 2.78. The molecule has 1 aliphatic carbocycles. The molecule has 0 spiro atoms. The second-order valence-electron chi connectivity index (χ2n) is 5.06. The Hall–Kier alpha value is -1.09. The molecule has 0 aliphatic heterocycles. The van der Waals surface area contributed by atoms with E-state index in [-0.39, 0.29) is 5.82 Å². The van der Waals surface area contributed by atoms with Crippen molar-refractivity contribution in [3.8, 4) is 0 Å². The summed E-state index contributed by atoms with van der Waals surface area (Å²) in [6, 6.07) is 4.76. The van der Waals surface area contributed by atoms with E-state index >= 15 is 0 Å². The third-order valence-corrected chi connectivity index (χ3v) is 3.25. The number of rotatable bonds is 4. The second kappa shape index (κ2) is 4.42. The third kappa shape index (κ3) is 2.95. The molecule has 0 aromatic heterocycles. The molecule has 2 unspecified atom stereocenters. The first-order valence-electron chi connectivity index (χ1n) is 5.78. The van der Waals surface area contributed by atoms with Crippen molar-refractivity contribution in [1.29, 1.82) is 0 Å².